The van der Waals surface area contributed by atoms with E-state index < -0.39 is 34.5 Å². The summed E-state index contributed by atoms with van der Waals surface area (Å²) in [6, 6.07) is 6.29. The van der Waals surface area contributed by atoms with Gasteiger partial charge >= 0.3 is 6.18 Å². The van der Waals surface area contributed by atoms with E-state index in [2.05, 4.69) is 15.2 Å². The molecule has 5 rings (SSSR count). The lowest BCUT2D eigenvalue weighted by atomic mass is 9.90. The summed E-state index contributed by atoms with van der Waals surface area (Å²) < 4.78 is 55.7. The number of amides is 1. The second-order valence-electron chi connectivity index (χ2n) is 7.80. The van der Waals surface area contributed by atoms with Gasteiger partial charge in [0.25, 0.3) is 5.91 Å². The Kier molecular flexibility index (Phi) is 4.92. The van der Waals surface area contributed by atoms with Crippen molar-refractivity contribution in [2.24, 2.45) is 0 Å². The third kappa shape index (κ3) is 3.24. The van der Waals surface area contributed by atoms with E-state index >= 15 is 0 Å². The number of fused-ring (bicyclic) bond motifs is 4. The molecule has 2 aliphatic rings. The van der Waals surface area contributed by atoms with Gasteiger partial charge < -0.3 is 9.47 Å². The molecule has 2 atom stereocenters. The van der Waals surface area contributed by atoms with Gasteiger partial charge in [0, 0.05) is 12.7 Å². The first-order valence-corrected chi connectivity index (χ1v) is 10.4. The van der Waals surface area contributed by atoms with Crippen LogP contribution in [0.25, 0.3) is 11.5 Å². The molecule has 11 heteroatoms. The molecule has 6 nitrogen and oxygen atoms in total. The summed E-state index contributed by atoms with van der Waals surface area (Å²) in [4.78, 5) is 19.2. The highest BCUT2D eigenvalue weighted by Gasteiger charge is 2.45. The van der Waals surface area contributed by atoms with Gasteiger partial charge in [-0.3, -0.25) is 9.78 Å². The first-order chi connectivity index (χ1) is 15.3. The van der Waals surface area contributed by atoms with E-state index in [1.165, 1.54) is 4.90 Å². The van der Waals surface area contributed by atoms with E-state index in [4.69, 9.17) is 11.6 Å². The van der Waals surface area contributed by atoms with Gasteiger partial charge in [-0.15, -0.1) is 10.2 Å². The zero-order valence-electron chi connectivity index (χ0n) is 16.5. The minimum absolute atomic E-state index is 0.289. The van der Waals surface area contributed by atoms with Crippen LogP contribution in [-0.4, -0.2) is 36.6 Å². The van der Waals surface area contributed by atoms with Gasteiger partial charge in [-0.25, -0.2) is 4.39 Å². The number of pyridine rings is 1. The summed E-state index contributed by atoms with van der Waals surface area (Å²) in [5.74, 6) is -1.07. The van der Waals surface area contributed by atoms with Gasteiger partial charge in [-0.1, -0.05) is 17.7 Å². The average Bonchev–Trinajstić information content (AvgIpc) is 3.16. The number of hydrogen-bond donors (Lipinski definition) is 0. The summed E-state index contributed by atoms with van der Waals surface area (Å²) in [7, 11) is 0. The van der Waals surface area contributed by atoms with Crippen molar-refractivity contribution in [3.8, 4) is 11.5 Å². The van der Waals surface area contributed by atoms with Crippen molar-refractivity contribution in [2.45, 2.75) is 44.1 Å². The first kappa shape index (κ1) is 20.9. The monoisotopic (exact) mass is 465 g/mol. The second kappa shape index (κ2) is 7.54. The highest BCUT2D eigenvalue weighted by molar-refractivity contribution is 6.34. The zero-order valence-corrected chi connectivity index (χ0v) is 17.2. The van der Waals surface area contributed by atoms with Crippen molar-refractivity contribution >= 4 is 17.5 Å². The van der Waals surface area contributed by atoms with E-state index in [-0.39, 0.29) is 11.6 Å². The molecule has 2 bridgehead atoms. The van der Waals surface area contributed by atoms with Gasteiger partial charge in [0.2, 0.25) is 0 Å². The fraction of sp³-hybridized carbons (Fsp3) is 0.333. The smallest absolute Gasteiger partial charge is 0.324 e. The number of carbonyl (C=O) groups excluding carboxylic acids is 1. The minimum atomic E-state index is -5.02. The van der Waals surface area contributed by atoms with Gasteiger partial charge in [0.05, 0.1) is 22.7 Å². The van der Waals surface area contributed by atoms with Gasteiger partial charge in [0.1, 0.15) is 17.1 Å². The van der Waals surface area contributed by atoms with Crippen LogP contribution in [0.15, 0.2) is 36.5 Å². The van der Waals surface area contributed by atoms with Crippen LogP contribution in [0, 0.1) is 5.82 Å². The second-order valence-corrected chi connectivity index (χ2v) is 8.18. The number of halogens is 5. The molecule has 1 aromatic carbocycles. The third-order valence-corrected chi connectivity index (χ3v) is 6.34. The van der Waals surface area contributed by atoms with E-state index in [0.717, 1.165) is 12.5 Å². The molecule has 0 radical (unpaired) electrons. The van der Waals surface area contributed by atoms with Crippen LogP contribution in [0.2, 0.25) is 5.02 Å². The summed E-state index contributed by atoms with van der Waals surface area (Å²) in [5.41, 5.74) is -1.37. The molecule has 3 aromatic rings. The van der Waals surface area contributed by atoms with Crippen LogP contribution in [0.4, 0.5) is 17.6 Å². The highest BCUT2D eigenvalue weighted by atomic mass is 35.5. The number of nitrogens with zero attached hydrogens (tertiary/aromatic N) is 5. The number of rotatable bonds is 2. The quantitative estimate of drug-likeness (QED) is 0.505. The van der Waals surface area contributed by atoms with Crippen LogP contribution < -0.4 is 0 Å². The molecule has 2 aromatic heterocycles. The summed E-state index contributed by atoms with van der Waals surface area (Å²) in [6.45, 7) is 0.376. The molecule has 166 valence electrons. The summed E-state index contributed by atoms with van der Waals surface area (Å²) in [5, 5.41) is 7.61. The highest BCUT2D eigenvalue weighted by Crippen LogP contribution is 2.43. The number of carbonyl (C=O) groups is 1. The fourth-order valence-corrected chi connectivity index (χ4v) is 4.91. The Balaban J connectivity index is 1.56. The molecule has 0 unspecified atom stereocenters. The lowest BCUT2D eigenvalue weighted by molar-refractivity contribution is -0.139. The number of aromatic nitrogens is 4. The zero-order chi connectivity index (χ0) is 22.6. The minimum Gasteiger partial charge on any atom is -0.324 e. The Hall–Kier alpha value is -3.01. The molecule has 0 spiro atoms. The van der Waals surface area contributed by atoms with Crippen molar-refractivity contribution in [3.05, 3.63) is 64.3 Å². The number of benzene rings is 1. The van der Waals surface area contributed by atoms with Crippen LogP contribution in [-0.2, 0) is 12.7 Å². The standard InChI is InChI=1S/C21H16ClF4N5O/c22-17-12(7-8-13(23)16(17)21(24,25)26)20(32)31-11-4-3-6-15(31)19-29-28-18(30(19)10-11)14-5-1-2-9-27-14/h1-2,5,7-9,11,15H,3-4,6,10H2/t11-,15+/m0/s1. The van der Waals surface area contributed by atoms with Crippen molar-refractivity contribution in [3.63, 3.8) is 0 Å². The fourth-order valence-electron chi connectivity index (χ4n) is 4.57. The molecular formula is C21H16ClF4N5O. The number of piperidine rings is 1. The first-order valence-electron chi connectivity index (χ1n) is 9.99. The average molecular weight is 466 g/mol. The van der Waals surface area contributed by atoms with E-state index in [9.17, 15) is 22.4 Å². The SMILES string of the molecule is O=C(c1ccc(F)c(C(F)(F)F)c1Cl)N1[C@H]2CCC[C@@H]1c1nnc(-c3ccccn3)n1C2. The summed E-state index contributed by atoms with van der Waals surface area (Å²) >= 11 is 5.90. The van der Waals surface area contributed by atoms with Gasteiger partial charge in [-0.2, -0.15) is 13.2 Å². The van der Waals surface area contributed by atoms with E-state index in [1.54, 1.807) is 12.3 Å². The molecule has 0 aliphatic carbocycles. The van der Waals surface area contributed by atoms with Crippen LogP contribution in [0.5, 0.6) is 0 Å². The maximum absolute atomic E-state index is 13.9. The molecule has 2 aliphatic heterocycles. The maximum Gasteiger partial charge on any atom is 0.420 e. The van der Waals surface area contributed by atoms with Crippen LogP contribution >= 0.6 is 11.6 Å². The van der Waals surface area contributed by atoms with Crippen LogP contribution in [0.1, 0.15) is 47.1 Å². The normalized spacial score (nSPS) is 20.2. The Labute approximate surface area is 184 Å². The summed E-state index contributed by atoms with van der Waals surface area (Å²) in [6.07, 6.45) is -1.31. The van der Waals surface area contributed by atoms with Crippen molar-refractivity contribution < 1.29 is 22.4 Å². The number of alkyl halides is 3. The lowest BCUT2D eigenvalue weighted by Crippen LogP contribution is -2.52. The Bertz CT molecular complexity index is 1200. The molecule has 0 saturated carbocycles. The molecule has 1 amide bonds. The topological polar surface area (TPSA) is 63.9 Å². The molecule has 1 fully saturated rings. The van der Waals surface area contributed by atoms with Crippen LogP contribution in [0.3, 0.4) is 0 Å². The Morgan fingerprint density at radius 2 is 1.94 bits per heavy atom. The van der Waals surface area contributed by atoms with E-state index in [1.807, 2.05) is 16.7 Å². The third-order valence-electron chi connectivity index (χ3n) is 5.95. The maximum atomic E-state index is 13.9. The largest absolute Gasteiger partial charge is 0.420 e. The van der Waals surface area contributed by atoms with Gasteiger partial charge in [-0.05, 0) is 43.5 Å². The molecule has 0 N–H and O–H groups in total. The molecule has 1 saturated heterocycles. The van der Waals surface area contributed by atoms with Gasteiger partial charge in [0.15, 0.2) is 11.6 Å². The van der Waals surface area contributed by atoms with Crippen molar-refractivity contribution in [2.75, 3.05) is 0 Å². The Morgan fingerprint density at radius 3 is 2.66 bits per heavy atom. The van der Waals surface area contributed by atoms with Crippen molar-refractivity contribution in [1.82, 2.24) is 24.6 Å². The molecule has 4 heterocycles. The van der Waals surface area contributed by atoms with Crippen molar-refractivity contribution in [1.29, 1.82) is 0 Å². The molecule has 32 heavy (non-hydrogen) atoms. The lowest BCUT2D eigenvalue weighted by Gasteiger charge is -2.45. The predicted octanol–water partition coefficient (Wildman–Crippen LogP) is 4.90. The van der Waals surface area contributed by atoms with E-state index in [0.29, 0.717) is 42.8 Å². The number of hydrogen-bond acceptors (Lipinski definition) is 4. The molecular weight excluding hydrogens is 450 g/mol. The Morgan fingerprint density at radius 1 is 1.12 bits per heavy atom. The predicted molar refractivity (Wildman–Crippen MR) is 106 cm³/mol.